The van der Waals surface area contributed by atoms with Crippen LogP contribution in [0.2, 0.25) is 0 Å². The molecule has 2 heteroatoms. The second-order valence-corrected chi connectivity index (χ2v) is 3.36. The summed E-state index contributed by atoms with van der Waals surface area (Å²) in [4.78, 5) is 0. The van der Waals surface area contributed by atoms with Crippen LogP contribution in [0, 0.1) is 6.92 Å². The van der Waals surface area contributed by atoms with Crippen LogP contribution >= 0.6 is 0 Å². The first kappa shape index (κ1) is 11.8. The molecule has 0 fully saturated rings. The fourth-order valence-corrected chi connectivity index (χ4v) is 1.24. The van der Waals surface area contributed by atoms with Gasteiger partial charge in [0.05, 0.1) is 0 Å². The van der Waals surface area contributed by atoms with Crippen molar-refractivity contribution in [3.8, 4) is 5.75 Å². The molecular formula is C13H19NO. The van der Waals surface area contributed by atoms with E-state index >= 15 is 0 Å². The van der Waals surface area contributed by atoms with Crippen molar-refractivity contribution in [2.45, 2.75) is 13.8 Å². The van der Waals surface area contributed by atoms with Crippen molar-refractivity contribution in [2.24, 2.45) is 0 Å². The number of likely N-dealkylation sites (N-methyl/N-ethyl adjacent to an activating group) is 1. The molecule has 0 amide bonds. The first-order chi connectivity index (χ1) is 7.34. The number of ether oxygens (including phenoxy) is 1. The maximum absolute atomic E-state index is 5.60. The van der Waals surface area contributed by atoms with Crippen molar-refractivity contribution in [1.29, 1.82) is 0 Å². The van der Waals surface area contributed by atoms with Gasteiger partial charge in [-0.05, 0) is 25.1 Å². The molecule has 0 atom stereocenters. The van der Waals surface area contributed by atoms with E-state index < -0.39 is 0 Å². The highest BCUT2D eigenvalue weighted by Gasteiger charge is 1.94. The van der Waals surface area contributed by atoms with Crippen LogP contribution in [0.25, 0.3) is 0 Å². The molecule has 0 spiro atoms. The Morgan fingerprint density at radius 3 is 2.80 bits per heavy atom. The number of para-hydroxylation sites is 1. The Hall–Kier alpha value is -1.28. The highest BCUT2D eigenvalue weighted by molar-refractivity contribution is 5.31. The van der Waals surface area contributed by atoms with Gasteiger partial charge in [-0.3, -0.25) is 0 Å². The summed E-state index contributed by atoms with van der Waals surface area (Å²) < 4.78 is 5.60. The largest absolute Gasteiger partial charge is 0.489 e. The SMILES string of the molecule is CCNC/C=C/COc1ccccc1C. The second kappa shape index (κ2) is 7.07. The summed E-state index contributed by atoms with van der Waals surface area (Å²) in [6.07, 6.45) is 4.12. The van der Waals surface area contributed by atoms with Gasteiger partial charge in [-0.2, -0.15) is 0 Å². The minimum atomic E-state index is 0.635. The van der Waals surface area contributed by atoms with Gasteiger partial charge >= 0.3 is 0 Å². The van der Waals surface area contributed by atoms with Gasteiger partial charge in [-0.1, -0.05) is 37.3 Å². The molecule has 0 radical (unpaired) electrons. The van der Waals surface area contributed by atoms with Crippen LogP contribution in [-0.2, 0) is 0 Å². The Morgan fingerprint density at radius 2 is 2.07 bits per heavy atom. The van der Waals surface area contributed by atoms with Crippen LogP contribution in [0.1, 0.15) is 12.5 Å². The lowest BCUT2D eigenvalue weighted by Gasteiger charge is -2.05. The predicted molar refractivity (Wildman–Crippen MR) is 64.4 cm³/mol. The summed E-state index contributed by atoms with van der Waals surface area (Å²) >= 11 is 0. The van der Waals surface area contributed by atoms with Crippen molar-refractivity contribution < 1.29 is 4.74 Å². The Morgan fingerprint density at radius 1 is 1.27 bits per heavy atom. The molecule has 2 nitrogen and oxygen atoms in total. The summed E-state index contributed by atoms with van der Waals surface area (Å²) in [6, 6.07) is 8.05. The monoisotopic (exact) mass is 205 g/mol. The lowest BCUT2D eigenvalue weighted by Crippen LogP contribution is -2.11. The van der Waals surface area contributed by atoms with Crippen LogP contribution in [0.4, 0.5) is 0 Å². The molecule has 0 saturated carbocycles. The van der Waals surface area contributed by atoms with E-state index in [9.17, 15) is 0 Å². The molecule has 0 aromatic heterocycles. The molecule has 0 unspecified atom stereocenters. The van der Waals surface area contributed by atoms with E-state index in [-0.39, 0.29) is 0 Å². The summed E-state index contributed by atoms with van der Waals surface area (Å²) in [5, 5.41) is 3.22. The second-order valence-electron chi connectivity index (χ2n) is 3.36. The number of rotatable bonds is 6. The normalized spacial score (nSPS) is 10.8. The van der Waals surface area contributed by atoms with Crippen molar-refractivity contribution in [1.82, 2.24) is 5.32 Å². The van der Waals surface area contributed by atoms with E-state index in [4.69, 9.17) is 4.74 Å². The van der Waals surface area contributed by atoms with E-state index in [1.165, 1.54) is 5.56 Å². The zero-order valence-corrected chi connectivity index (χ0v) is 9.49. The Labute approximate surface area is 92.0 Å². The quantitative estimate of drug-likeness (QED) is 0.569. The van der Waals surface area contributed by atoms with Gasteiger partial charge in [-0.25, -0.2) is 0 Å². The van der Waals surface area contributed by atoms with Crippen LogP contribution in [0.5, 0.6) is 5.75 Å². The summed E-state index contributed by atoms with van der Waals surface area (Å²) in [6.45, 7) is 6.70. The van der Waals surface area contributed by atoms with E-state index in [1.807, 2.05) is 24.3 Å². The minimum Gasteiger partial charge on any atom is -0.489 e. The molecule has 1 N–H and O–H groups in total. The van der Waals surface area contributed by atoms with E-state index in [2.05, 4.69) is 31.3 Å². The van der Waals surface area contributed by atoms with Crippen LogP contribution in [0.15, 0.2) is 36.4 Å². The Bertz CT molecular complexity index is 307. The van der Waals surface area contributed by atoms with Gasteiger partial charge in [0.25, 0.3) is 0 Å². The van der Waals surface area contributed by atoms with E-state index in [1.54, 1.807) is 0 Å². The summed E-state index contributed by atoms with van der Waals surface area (Å²) in [7, 11) is 0. The lowest BCUT2D eigenvalue weighted by molar-refractivity contribution is 0.360. The average Bonchev–Trinajstić information content (AvgIpc) is 2.25. The third-order valence-electron chi connectivity index (χ3n) is 2.11. The van der Waals surface area contributed by atoms with Crippen molar-refractivity contribution in [2.75, 3.05) is 19.7 Å². The zero-order valence-electron chi connectivity index (χ0n) is 9.49. The van der Waals surface area contributed by atoms with Gasteiger partial charge in [0.2, 0.25) is 0 Å². The predicted octanol–water partition coefficient (Wildman–Crippen LogP) is 2.54. The standard InChI is InChI=1S/C13H19NO/c1-3-14-10-6-7-11-15-13-9-5-4-8-12(13)2/h4-9,14H,3,10-11H2,1-2H3/b7-6+. The maximum Gasteiger partial charge on any atom is 0.122 e. The third kappa shape index (κ3) is 4.66. The summed E-state index contributed by atoms with van der Waals surface area (Å²) in [5.74, 6) is 0.964. The molecule has 1 rings (SSSR count). The molecule has 15 heavy (non-hydrogen) atoms. The number of aryl methyl sites for hydroxylation is 1. The molecule has 0 aliphatic heterocycles. The van der Waals surface area contributed by atoms with Gasteiger partial charge in [0.1, 0.15) is 12.4 Å². The lowest BCUT2D eigenvalue weighted by atomic mass is 10.2. The van der Waals surface area contributed by atoms with Gasteiger partial charge in [-0.15, -0.1) is 0 Å². The Kier molecular flexibility index (Phi) is 5.56. The number of nitrogens with one attached hydrogen (secondary N) is 1. The van der Waals surface area contributed by atoms with Crippen LogP contribution in [-0.4, -0.2) is 19.7 Å². The molecule has 0 aliphatic carbocycles. The minimum absolute atomic E-state index is 0.635. The van der Waals surface area contributed by atoms with E-state index in [0.29, 0.717) is 6.61 Å². The molecule has 0 saturated heterocycles. The summed E-state index contributed by atoms with van der Waals surface area (Å²) in [5.41, 5.74) is 1.18. The Balaban J connectivity index is 2.26. The molecule has 0 heterocycles. The average molecular weight is 205 g/mol. The first-order valence-electron chi connectivity index (χ1n) is 5.38. The van der Waals surface area contributed by atoms with Gasteiger partial charge in [0.15, 0.2) is 0 Å². The fourth-order valence-electron chi connectivity index (χ4n) is 1.24. The van der Waals surface area contributed by atoms with Crippen molar-refractivity contribution >= 4 is 0 Å². The molecule has 0 bridgehead atoms. The zero-order chi connectivity index (χ0) is 10.9. The van der Waals surface area contributed by atoms with Crippen LogP contribution < -0.4 is 10.1 Å². The number of benzene rings is 1. The molecule has 82 valence electrons. The molecule has 1 aromatic carbocycles. The van der Waals surface area contributed by atoms with Crippen molar-refractivity contribution in [3.63, 3.8) is 0 Å². The van der Waals surface area contributed by atoms with Gasteiger partial charge < -0.3 is 10.1 Å². The first-order valence-corrected chi connectivity index (χ1v) is 5.38. The highest BCUT2D eigenvalue weighted by Crippen LogP contribution is 2.15. The molecule has 0 aliphatic rings. The van der Waals surface area contributed by atoms with Gasteiger partial charge in [0, 0.05) is 6.54 Å². The maximum atomic E-state index is 5.60. The molecule has 1 aromatic rings. The number of hydrogen-bond acceptors (Lipinski definition) is 2. The topological polar surface area (TPSA) is 21.3 Å². The molecular weight excluding hydrogens is 186 g/mol. The smallest absolute Gasteiger partial charge is 0.122 e. The van der Waals surface area contributed by atoms with E-state index in [0.717, 1.165) is 18.8 Å². The number of hydrogen-bond donors (Lipinski definition) is 1. The van der Waals surface area contributed by atoms with Crippen molar-refractivity contribution in [3.05, 3.63) is 42.0 Å². The highest BCUT2D eigenvalue weighted by atomic mass is 16.5. The third-order valence-corrected chi connectivity index (χ3v) is 2.11. The van der Waals surface area contributed by atoms with Crippen LogP contribution in [0.3, 0.4) is 0 Å². The fraction of sp³-hybridized carbons (Fsp3) is 0.385.